The molecule has 6 rings (SSSR count). The third kappa shape index (κ3) is 5.93. The van der Waals surface area contributed by atoms with Gasteiger partial charge in [-0.15, -0.1) is 0 Å². The van der Waals surface area contributed by atoms with Crippen molar-refractivity contribution in [1.82, 2.24) is 14.8 Å². The smallest absolute Gasteiger partial charge is 0.417 e. The first-order valence-corrected chi connectivity index (χ1v) is 14.2. The minimum Gasteiger partial charge on any atom is -0.489 e. The first kappa shape index (κ1) is 29.1. The summed E-state index contributed by atoms with van der Waals surface area (Å²) in [5.74, 6) is 0.488. The van der Waals surface area contributed by atoms with Crippen LogP contribution in [0.4, 0.5) is 13.2 Å². The maximum atomic E-state index is 14.7. The Bertz CT molecular complexity index is 1930. The maximum absolute atomic E-state index is 14.7. The van der Waals surface area contributed by atoms with Crippen LogP contribution in [0.15, 0.2) is 97.1 Å². The number of pyridine rings is 1. The van der Waals surface area contributed by atoms with Crippen LogP contribution in [0.5, 0.6) is 5.75 Å². The molecule has 4 nitrogen and oxygen atoms in total. The molecule has 2 aromatic heterocycles. The average Bonchev–Trinajstić information content (AvgIpc) is 3.36. The van der Waals surface area contributed by atoms with Crippen LogP contribution in [0.1, 0.15) is 16.7 Å². The number of fused-ring (bicyclic) bond motifs is 1. The molecule has 0 unspecified atom stereocenters. The summed E-state index contributed by atoms with van der Waals surface area (Å²) in [6.45, 7) is 2.03. The van der Waals surface area contributed by atoms with Crippen molar-refractivity contribution >= 4 is 45.8 Å². The Morgan fingerprint density at radius 1 is 0.791 bits per heavy atom. The van der Waals surface area contributed by atoms with Gasteiger partial charge in [-0.2, -0.15) is 18.3 Å². The second-order valence-corrected chi connectivity index (χ2v) is 11.1. The molecule has 6 aromatic rings. The van der Waals surface area contributed by atoms with Crippen LogP contribution in [-0.4, -0.2) is 14.8 Å². The SMILES string of the molecule is Cc1ccc(-c2nn(-c3cccc(Cl)c3)c3nc(-c4ccc(OCc5c(Cl)cccc5Cl)cc4)cc(C(F)(F)F)c23)cc1. The highest BCUT2D eigenvalue weighted by Crippen LogP contribution is 2.42. The van der Waals surface area contributed by atoms with E-state index < -0.39 is 11.7 Å². The van der Waals surface area contributed by atoms with Gasteiger partial charge in [0.25, 0.3) is 0 Å². The molecule has 10 heteroatoms. The molecule has 0 aliphatic carbocycles. The molecule has 0 amide bonds. The Hall–Kier alpha value is -4.04. The number of nitrogens with zero attached hydrogens (tertiary/aromatic N) is 3. The van der Waals surface area contributed by atoms with Crippen LogP contribution in [0.3, 0.4) is 0 Å². The van der Waals surface area contributed by atoms with Crippen molar-refractivity contribution in [2.24, 2.45) is 0 Å². The molecule has 0 radical (unpaired) electrons. The van der Waals surface area contributed by atoms with Crippen LogP contribution in [0.25, 0.3) is 39.2 Å². The van der Waals surface area contributed by atoms with E-state index in [0.717, 1.165) is 11.6 Å². The zero-order chi connectivity index (χ0) is 30.3. The first-order valence-electron chi connectivity index (χ1n) is 13.1. The first-order chi connectivity index (χ1) is 20.6. The monoisotopic (exact) mass is 637 g/mol. The lowest BCUT2D eigenvalue weighted by Crippen LogP contribution is -2.08. The number of hydrogen-bond donors (Lipinski definition) is 0. The van der Waals surface area contributed by atoms with Crippen LogP contribution in [0.2, 0.25) is 15.1 Å². The van der Waals surface area contributed by atoms with Gasteiger partial charge in [0.1, 0.15) is 18.1 Å². The number of aromatic nitrogens is 3. The second-order valence-electron chi connectivity index (χ2n) is 9.87. The van der Waals surface area contributed by atoms with Gasteiger partial charge < -0.3 is 4.74 Å². The summed E-state index contributed by atoms with van der Waals surface area (Å²) in [4.78, 5) is 4.72. The zero-order valence-electron chi connectivity index (χ0n) is 22.5. The molecular weight excluding hydrogens is 618 g/mol. The summed E-state index contributed by atoms with van der Waals surface area (Å²) in [5.41, 5.74) is 2.60. The van der Waals surface area contributed by atoms with E-state index in [2.05, 4.69) is 5.10 Å². The maximum Gasteiger partial charge on any atom is 0.417 e. The zero-order valence-corrected chi connectivity index (χ0v) is 24.7. The molecule has 4 aromatic carbocycles. The molecule has 0 spiro atoms. The highest BCUT2D eigenvalue weighted by atomic mass is 35.5. The highest BCUT2D eigenvalue weighted by molar-refractivity contribution is 6.36. The summed E-state index contributed by atoms with van der Waals surface area (Å²) in [5, 5.41) is 5.91. The van der Waals surface area contributed by atoms with Gasteiger partial charge in [0, 0.05) is 31.8 Å². The molecule has 0 atom stereocenters. The van der Waals surface area contributed by atoms with Crippen LogP contribution < -0.4 is 4.74 Å². The normalized spacial score (nSPS) is 11.7. The molecule has 216 valence electrons. The Balaban J connectivity index is 1.48. The number of rotatable bonds is 6. The molecule has 43 heavy (non-hydrogen) atoms. The fourth-order valence-electron chi connectivity index (χ4n) is 4.74. The van der Waals surface area contributed by atoms with Crippen LogP contribution in [-0.2, 0) is 12.8 Å². The summed E-state index contributed by atoms with van der Waals surface area (Å²) >= 11 is 18.7. The quantitative estimate of drug-likeness (QED) is 0.182. The van der Waals surface area contributed by atoms with Gasteiger partial charge in [0.05, 0.1) is 22.3 Å². The van der Waals surface area contributed by atoms with Crippen molar-refractivity contribution in [2.45, 2.75) is 19.7 Å². The number of ether oxygens (including phenoxy) is 1. The van der Waals surface area contributed by atoms with Gasteiger partial charge in [0.15, 0.2) is 5.65 Å². The fraction of sp³-hybridized carbons (Fsp3) is 0.0909. The lowest BCUT2D eigenvalue weighted by Gasteiger charge is -2.13. The van der Waals surface area contributed by atoms with Crippen molar-refractivity contribution in [2.75, 3.05) is 0 Å². The molecular formula is C33H21Cl3F3N3O. The number of alkyl halides is 3. The second kappa shape index (κ2) is 11.6. The lowest BCUT2D eigenvalue weighted by molar-refractivity contribution is -0.136. The van der Waals surface area contributed by atoms with E-state index in [-0.39, 0.29) is 29.0 Å². The van der Waals surface area contributed by atoms with E-state index in [0.29, 0.717) is 43.2 Å². The van der Waals surface area contributed by atoms with E-state index in [1.54, 1.807) is 78.9 Å². The summed E-state index contributed by atoms with van der Waals surface area (Å²) in [7, 11) is 0. The average molecular weight is 639 g/mol. The van der Waals surface area contributed by atoms with Gasteiger partial charge in [0.2, 0.25) is 0 Å². The van der Waals surface area contributed by atoms with Crippen molar-refractivity contribution in [3.05, 3.63) is 129 Å². The van der Waals surface area contributed by atoms with E-state index in [9.17, 15) is 13.2 Å². The highest BCUT2D eigenvalue weighted by Gasteiger charge is 2.36. The van der Waals surface area contributed by atoms with Crippen molar-refractivity contribution in [1.29, 1.82) is 0 Å². The lowest BCUT2D eigenvalue weighted by atomic mass is 10.0. The Kier molecular flexibility index (Phi) is 7.81. The summed E-state index contributed by atoms with van der Waals surface area (Å²) in [6.07, 6.45) is -4.69. The third-order valence-electron chi connectivity index (χ3n) is 6.92. The van der Waals surface area contributed by atoms with Gasteiger partial charge in [-0.25, -0.2) is 9.67 Å². The number of hydrogen-bond acceptors (Lipinski definition) is 3. The molecule has 0 aliphatic rings. The van der Waals surface area contributed by atoms with E-state index in [1.807, 2.05) is 19.1 Å². The van der Waals surface area contributed by atoms with E-state index in [4.69, 9.17) is 44.5 Å². The van der Waals surface area contributed by atoms with Crippen LogP contribution >= 0.6 is 34.8 Å². The third-order valence-corrected chi connectivity index (χ3v) is 7.86. The molecule has 0 N–H and O–H groups in total. The van der Waals surface area contributed by atoms with Gasteiger partial charge in [-0.3, -0.25) is 0 Å². The topological polar surface area (TPSA) is 39.9 Å². The molecule has 0 fully saturated rings. The molecule has 0 bridgehead atoms. The van der Waals surface area contributed by atoms with Crippen LogP contribution in [0, 0.1) is 6.92 Å². The number of benzene rings is 4. The largest absolute Gasteiger partial charge is 0.489 e. The Morgan fingerprint density at radius 2 is 1.44 bits per heavy atom. The van der Waals surface area contributed by atoms with Crippen molar-refractivity contribution < 1.29 is 17.9 Å². The predicted molar refractivity (Wildman–Crippen MR) is 165 cm³/mol. The van der Waals surface area contributed by atoms with Gasteiger partial charge >= 0.3 is 6.18 Å². The van der Waals surface area contributed by atoms with Gasteiger partial charge in [-0.1, -0.05) is 76.8 Å². The number of aryl methyl sites for hydroxylation is 1. The van der Waals surface area contributed by atoms with Crippen molar-refractivity contribution in [3.8, 4) is 34.0 Å². The predicted octanol–water partition coefficient (Wildman–Crippen LogP) is 10.6. The summed E-state index contributed by atoms with van der Waals surface area (Å²) in [6, 6.07) is 26.8. The Labute approximate surface area is 260 Å². The molecule has 2 heterocycles. The summed E-state index contributed by atoms with van der Waals surface area (Å²) < 4.78 is 51.4. The minimum absolute atomic E-state index is 0.0522. The Morgan fingerprint density at radius 3 is 2.09 bits per heavy atom. The molecule has 0 saturated carbocycles. The van der Waals surface area contributed by atoms with E-state index in [1.165, 1.54) is 4.68 Å². The van der Waals surface area contributed by atoms with Gasteiger partial charge in [-0.05, 0) is 67.6 Å². The molecule has 0 saturated heterocycles. The fourth-order valence-corrected chi connectivity index (χ4v) is 5.43. The standard InChI is InChI=1S/C33H21Cl3F3N3O/c1-19-8-10-21(11-9-19)31-30-26(33(37,38)39)17-29(40-32(30)42(41-31)23-5-2-4-22(34)16-23)20-12-14-24(15-13-20)43-18-25-27(35)6-3-7-28(25)36/h2-17H,18H2,1H3. The van der Waals surface area contributed by atoms with Crippen molar-refractivity contribution in [3.63, 3.8) is 0 Å². The molecule has 0 aliphatic heterocycles. The van der Waals surface area contributed by atoms with E-state index >= 15 is 0 Å². The minimum atomic E-state index is -4.69. The number of halogens is 6.